The van der Waals surface area contributed by atoms with Gasteiger partial charge in [-0.05, 0) is 52.3 Å². The van der Waals surface area contributed by atoms with E-state index in [9.17, 15) is 9.59 Å². The number of amides is 1. The van der Waals surface area contributed by atoms with E-state index in [1.54, 1.807) is 23.1 Å². The molecular weight excluding hydrogens is 440 g/mol. The summed E-state index contributed by atoms with van der Waals surface area (Å²) < 4.78 is 27.2. The number of benzene rings is 1. The number of methoxy groups -OCH3 is 2. The van der Waals surface area contributed by atoms with Crippen molar-refractivity contribution in [3.63, 3.8) is 0 Å². The fourth-order valence-corrected chi connectivity index (χ4v) is 3.54. The Hall–Kier alpha value is -2.94. The van der Waals surface area contributed by atoms with Gasteiger partial charge in [0.25, 0.3) is 0 Å². The molecule has 0 saturated carbocycles. The summed E-state index contributed by atoms with van der Waals surface area (Å²) in [5, 5.41) is 0. The first-order chi connectivity index (χ1) is 16.2. The Labute approximate surface area is 202 Å². The van der Waals surface area contributed by atoms with Crippen LogP contribution in [0.3, 0.4) is 0 Å². The van der Waals surface area contributed by atoms with E-state index in [-0.39, 0.29) is 19.3 Å². The minimum atomic E-state index is -0.501. The van der Waals surface area contributed by atoms with Gasteiger partial charge in [-0.15, -0.1) is 0 Å². The Morgan fingerprint density at radius 2 is 1.79 bits per heavy atom. The van der Waals surface area contributed by atoms with Gasteiger partial charge < -0.3 is 33.5 Å². The van der Waals surface area contributed by atoms with Crippen LogP contribution in [0.1, 0.15) is 44.0 Å². The van der Waals surface area contributed by atoms with Crippen LogP contribution >= 0.6 is 0 Å². The summed E-state index contributed by atoms with van der Waals surface area (Å²) in [5.74, 6) is 0.710. The number of carbonyl (C=O) groups is 2. The molecule has 0 N–H and O–H groups in total. The smallest absolute Gasteiger partial charge is 0.410 e. The second kappa shape index (κ2) is 13.1. The molecular formula is C25H38N2O7. The molecule has 9 nitrogen and oxygen atoms in total. The van der Waals surface area contributed by atoms with Gasteiger partial charge in [0.05, 0.1) is 26.4 Å². The van der Waals surface area contributed by atoms with E-state index in [1.165, 1.54) is 14.2 Å². The van der Waals surface area contributed by atoms with Crippen LogP contribution in [0.2, 0.25) is 0 Å². The van der Waals surface area contributed by atoms with Gasteiger partial charge in [-0.25, -0.2) is 9.59 Å². The van der Waals surface area contributed by atoms with Crippen LogP contribution in [0, 0.1) is 0 Å². The molecule has 0 aliphatic carbocycles. The number of ether oxygens (including phenoxy) is 5. The molecule has 9 heteroatoms. The predicted molar refractivity (Wildman–Crippen MR) is 129 cm³/mol. The zero-order chi connectivity index (χ0) is 25.1. The van der Waals surface area contributed by atoms with Gasteiger partial charge >= 0.3 is 12.1 Å². The van der Waals surface area contributed by atoms with E-state index >= 15 is 0 Å². The predicted octanol–water partition coefficient (Wildman–Crippen LogP) is 3.76. The average Bonchev–Trinajstić information content (AvgIpc) is 3.04. The van der Waals surface area contributed by atoms with E-state index in [4.69, 9.17) is 23.7 Å². The molecule has 1 heterocycles. The summed E-state index contributed by atoms with van der Waals surface area (Å²) in [6.07, 6.45) is 2.89. The summed E-state index contributed by atoms with van der Waals surface area (Å²) >= 11 is 0. The normalized spacial score (nSPS) is 14.7. The molecule has 1 aromatic carbocycles. The number of hydrogen-bond donors (Lipinski definition) is 0. The zero-order valence-corrected chi connectivity index (χ0v) is 21.1. The van der Waals surface area contributed by atoms with Gasteiger partial charge in [-0.2, -0.15) is 0 Å². The van der Waals surface area contributed by atoms with Crippen molar-refractivity contribution in [1.82, 2.24) is 9.80 Å². The fourth-order valence-electron chi connectivity index (χ4n) is 3.54. The quantitative estimate of drug-likeness (QED) is 0.285. The molecule has 1 aliphatic rings. The maximum Gasteiger partial charge on any atom is 0.410 e. The molecule has 190 valence electrons. The lowest BCUT2D eigenvalue weighted by Gasteiger charge is -2.26. The van der Waals surface area contributed by atoms with Crippen LogP contribution < -0.4 is 14.2 Å². The average molecular weight is 479 g/mol. The van der Waals surface area contributed by atoms with Crippen LogP contribution in [-0.2, 0) is 9.47 Å². The van der Waals surface area contributed by atoms with Crippen molar-refractivity contribution in [1.29, 1.82) is 0 Å². The molecule has 34 heavy (non-hydrogen) atoms. The third kappa shape index (κ3) is 8.44. The molecule has 1 aromatic rings. The molecule has 2 rings (SSSR count). The molecule has 0 aromatic heterocycles. The molecule has 1 amide bonds. The van der Waals surface area contributed by atoms with Crippen molar-refractivity contribution in [2.75, 3.05) is 60.2 Å². The second-order valence-corrected chi connectivity index (χ2v) is 8.96. The molecule has 0 radical (unpaired) electrons. The molecule has 0 unspecified atom stereocenters. The molecule has 0 spiro atoms. The Kier molecular flexibility index (Phi) is 10.5. The second-order valence-electron chi connectivity index (χ2n) is 8.96. The number of nitrogens with zero attached hydrogens (tertiary/aromatic N) is 2. The molecule has 0 atom stereocenters. The standard InChI is InChI=1S/C25H38N2O7/c1-7-15-32-21-18-19(17-20(30-5)22(21)31-6)23(28)33-16-9-11-26-10-8-12-27(14-13-26)24(29)34-25(2,3)4/h7,17-18H,1,8-16H2,2-6H3. The lowest BCUT2D eigenvalue weighted by atomic mass is 10.2. The monoisotopic (exact) mass is 478 g/mol. The zero-order valence-electron chi connectivity index (χ0n) is 21.1. The van der Waals surface area contributed by atoms with Crippen molar-refractivity contribution in [3.8, 4) is 17.2 Å². The number of carbonyl (C=O) groups excluding carboxylic acids is 2. The largest absolute Gasteiger partial charge is 0.493 e. The minimum Gasteiger partial charge on any atom is -0.493 e. The summed E-state index contributed by atoms with van der Waals surface area (Å²) in [6, 6.07) is 3.15. The van der Waals surface area contributed by atoms with E-state index in [2.05, 4.69) is 11.5 Å². The van der Waals surface area contributed by atoms with Gasteiger partial charge in [0.1, 0.15) is 12.2 Å². The highest BCUT2D eigenvalue weighted by atomic mass is 16.6. The lowest BCUT2D eigenvalue weighted by Crippen LogP contribution is -2.39. The van der Waals surface area contributed by atoms with Crippen LogP contribution in [-0.4, -0.2) is 87.6 Å². The van der Waals surface area contributed by atoms with E-state index in [0.29, 0.717) is 42.3 Å². The first-order valence-corrected chi connectivity index (χ1v) is 11.6. The van der Waals surface area contributed by atoms with E-state index in [1.807, 2.05) is 20.8 Å². The highest BCUT2D eigenvalue weighted by molar-refractivity contribution is 5.91. The highest BCUT2D eigenvalue weighted by Gasteiger charge is 2.24. The van der Waals surface area contributed by atoms with Gasteiger partial charge in [0, 0.05) is 26.2 Å². The minimum absolute atomic E-state index is 0.263. The summed E-state index contributed by atoms with van der Waals surface area (Å²) in [7, 11) is 3.00. The summed E-state index contributed by atoms with van der Waals surface area (Å²) in [6.45, 7) is 13.5. The SMILES string of the molecule is C=CCOc1cc(C(=O)OCCCN2CCCN(C(=O)OC(C)(C)C)CC2)cc(OC)c1OC. The Morgan fingerprint density at radius 1 is 1.06 bits per heavy atom. The van der Waals surface area contributed by atoms with Crippen molar-refractivity contribution in [2.45, 2.75) is 39.2 Å². The third-order valence-electron chi connectivity index (χ3n) is 5.13. The van der Waals surface area contributed by atoms with E-state index < -0.39 is 11.6 Å². The lowest BCUT2D eigenvalue weighted by molar-refractivity contribution is 0.0255. The van der Waals surface area contributed by atoms with Crippen LogP contribution in [0.4, 0.5) is 4.79 Å². The first-order valence-electron chi connectivity index (χ1n) is 11.6. The number of hydrogen-bond acceptors (Lipinski definition) is 8. The van der Waals surface area contributed by atoms with Crippen molar-refractivity contribution in [2.24, 2.45) is 0 Å². The fraction of sp³-hybridized carbons (Fsp3) is 0.600. The summed E-state index contributed by atoms with van der Waals surface area (Å²) in [5.41, 5.74) is -0.182. The molecule has 1 saturated heterocycles. The number of rotatable bonds is 10. The Balaban J connectivity index is 1.84. The number of esters is 1. The topological polar surface area (TPSA) is 86.8 Å². The molecule has 1 fully saturated rings. The maximum atomic E-state index is 12.6. The van der Waals surface area contributed by atoms with Crippen LogP contribution in [0.25, 0.3) is 0 Å². The van der Waals surface area contributed by atoms with Crippen molar-refractivity contribution < 1.29 is 33.3 Å². The first kappa shape index (κ1) is 27.3. The van der Waals surface area contributed by atoms with Gasteiger partial charge in [-0.1, -0.05) is 12.7 Å². The molecule has 0 bridgehead atoms. The third-order valence-corrected chi connectivity index (χ3v) is 5.13. The van der Waals surface area contributed by atoms with Crippen molar-refractivity contribution >= 4 is 12.1 Å². The summed E-state index contributed by atoms with van der Waals surface area (Å²) in [4.78, 5) is 29.0. The van der Waals surface area contributed by atoms with E-state index in [0.717, 1.165) is 26.1 Å². The van der Waals surface area contributed by atoms with Gasteiger partial charge in [0.2, 0.25) is 5.75 Å². The maximum absolute atomic E-state index is 12.6. The Bertz CT molecular complexity index is 835. The highest BCUT2D eigenvalue weighted by Crippen LogP contribution is 2.38. The molecule has 1 aliphatic heterocycles. The van der Waals surface area contributed by atoms with Gasteiger partial charge in [0.15, 0.2) is 11.5 Å². The van der Waals surface area contributed by atoms with Crippen molar-refractivity contribution in [3.05, 3.63) is 30.4 Å². The van der Waals surface area contributed by atoms with Gasteiger partial charge in [-0.3, -0.25) is 0 Å². The van der Waals surface area contributed by atoms with Crippen LogP contribution in [0.5, 0.6) is 17.2 Å². The van der Waals surface area contributed by atoms with Crippen LogP contribution in [0.15, 0.2) is 24.8 Å². The Morgan fingerprint density at radius 3 is 2.44 bits per heavy atom.